The summed E-state index contributed by atoms with van der Waals surface area (Å²) >= 11 is 0. The van der Waals surface area contributed by atoms with E-state index in [0.717, 1.165) is 35.2 Å². The van der Waals surface area contributed by atoms with Gasteiger partial charge in [-0.15, -0.1) is 0 Å². The number of alkyl halides is 4. The van der Waals surface area contributed by atoms with E-state index in [2.05, 4.69) is 17.2 Å². The number of benzene rings is 2. The smallest absolute Gasteiger partial charge is 0.406 e. The van der Waals surface area contributed by atoms with Gasteiger partial charge in [-0.25, -0.2) is 13.6 Å². The van der Waals surface area contributed by atoms with Gasteiger partial charge < -0.3 is 24.6 Å². The Labute approximate surface area is 228 Å². The Hall–Kier alpha value is -3.78. The lowest BCUT2D eigenvalue weighted by molar-refractivity contribution is -0.140. The molecule has 1 aliphatic heterocycles. The number of nitrogens with zero attached hydrogens (tertiary/aromatic N) is 2. The Morgan fingerprint density at radius 1 is 1.25 bits per heavy atom. The van der Waals surface area contributed by atoms with Gasteiger partial charge in [0.1, 0.15) is 24.3 Å². The standard InChI is InChI=1S/C29H30F5N3O3/c1-36-12-10-19(24(31)16-36)9-8-18-5-3-7-26-21(18)13-20(37(26)17-29(32,33)34)6-4-11-35-25-15-23(30)22(28(38)39)14-27(25)40-2/h3,5,7,13-15,19,24,35H,8-12,16-17H2,1-2H3,(H,38,39)/t19-,24+/m1/s1. The van der Waals surface area contributed by atoms with Crippen LogP contribution in [0.5, 0.6) is 5.75 Å². The van der Waals surface area contributed by atoms with E-state index >= 15 is 0 Å². The number of aryl methyl sites for hydroxylation is 1. The SMILES string of the molecule is COc1cc(C(=O)O)c(F)cc1NCC#Cc1cc2c(CC[C@@H]3CCN(C)C[C@@H]3F)cccc2n1CC(F)(F)F. The lowest BCUT2D eigenvalue weighted by atomic mass is 9.88. The highest BCUT2D eigenvalue weighted by Crippen LogP contribution is 2.31. The fourth-order valence-corrected chi connectivity index (χ4v) is 5.09. The molecule has 0 bridgehead atoms. The van der Waals surface area contributed by atoms with Crippen LogP contribution >= 0.6 is 0 Å². The molecular weight excluding hydrogens is 533 g/mol. The van der Waals surface area contributed by atoms with Gasteiger partial charge in [-0.05, 0) is 68.5 Å². The molecule has 2 heterocycles. The minimum absolute atomic E-state index is 0.0728. The molecule has 11 heteroatoms. The third-order valence-corrected chi connectivity index (χ3v) is 7.14. The van der Waals surface area contributed by atoms with Gasteiger partial charge in [0.15, 0.2) is 0 Å². The Kier molecular flexibility index (Phi) is 8.88. The van der Waals surface area contributed by atoms with Crippen molar-refractivity contribution in [1.82, 2.24) is 9.47 Å². The van der Waals surface area contributed by atoms with Gasteiger partial charge in [0.05, 0.1) is 30.6 Å². The van der Waals surface area contributed by atoms with Crippen molar-refractivity contribution in [2.45, 2.75) is 38.2 Å². The number of methoxy groups -OCH3 is 1. The molecule has 0 unspecified atom stereocenters. The van der Waals surface area contributed by atoms with E-state index in [1.807, 2.05) is 18.0 Å². The quantitative estimate of drug-likeness (QED) is 0.271. The van der Waals surface area contributed by atoms with E-state index in [4.69, 9.17) is 9.84 Å². The predicted molar refractivity (Wildman–Crippen MR) is 142 cm³/mol. The van der Waals surface area contributed by atoms with Crippen LogP contribution in [-0.4, -0.2) is 66.7 Å². The van der Waals surface area contributed by atoms with Crippen LogP contribution in [0.3, 0.4) is 0 Å². The monoisotopic (exact) mass is 563 g/mol. The number of ether oxygens (including phenoxy) is 1. The molecule has 4 rings (SSSR count). The van der Waals surface area contributed by atoms with E-state index in [0.29, 0.717) is 30.3 Å². The van der Waals surface area contributed by atoms with E-state index in [9.17, 15) is 26.7 Å². The van der Waals surface area contributed by atoms with Crippen molar-refractivity contribution < 1.29 is 36.6 Å². The molecule has 3 aromatic rings. The number of likely N-dealkylation sites (tertiary alicyclic amines) is 1. The van der Waals surface area contributed by atoms with Crippen molar-refractivity contribution in [3.8, 4) is 17.6 Å². The van der Waals surface area contributed by atoms with Crippen molar-refractivity contribution in [2.24, 2.45) is 5.92 Å². The van der Waals surface area contributed by atoms with Crippen LogP contribution in [0.25, 0.3) is 10.9 Å². The summed E-state index contributed by atoms with van der Waals surface area (Å²) in [5.41, 5.74) is 0.977. The molecule has 0 aliphatic carbocycles. The normalized spacial score (nSPS) is 17.9. The zero-order chi connectivity index (χ0) is 29.0. The molecule has 0 radical (unpaired) electrons. The molecule has 2 aromatic carbocycles. The molecule has 1 saturated heterocycles. The molecule has 1 aromatic heterocycles. The summed E-state index contributed by atoms with van der Waals surface area (Å²) in [6.07, 6.45) is -3.55. The number of aromatic carboxylic acids is 1. The first kappa shape index (κ1) is 29.2. The number of piperidine rings is 1. The molecular formula is C29H30F5N3O3. The van der Waals surface area contributed by atoms with Gasteiger partial charge in [-0.1, -0.05) is 18.1 Å². The Morgan fingerprint density at radius 2 is 2.02 bits per heavy atom. The Morgan fingerprint density at radius 3 is 2.70 bits per heavy atom. The molecule has 1 aliphatic rings. The minimum atomic E-state index is -4.48. The molecule has 6 nitrogen and oxygen atoms in total. The van der Waals surface area contributed by atoms with Crippen molar-refractivity contribution in [1.29, 1.82) is 0 Å². The molecule has 0 amide bonds. The highest BCUT2D eigenvalue weighted by Gasteiger charge is 2.30. The maximum Gasteiger partial charge on any atom is 0.406 e. The zero-order valence-electron chi connectivity index (χ0n) is 22.1. The lowest BCUT2D eigenvalue weighted by Crippen LogP contribution is -2.39. The number of aromatic nitrogens is 1. The summed E-state index contributed by atoms with van der Waals surface area (Å²) in [6, 6.07) is 8.78. The summed E-state index contributed by atoms with van der Waals surface area (Å²) in [5, 5.41) is 12.5. The second-order valence-corrected chi connectivity index (χ2v) is 9.94. The van der Waals surface area contributed by atoms with Gasteiger partial charge in [0, 0.05) is 23.5 Å². The summed E-state index contributed by atoms with van der Waals surface area (Å²) in [6.45, 7) is -0.106. The maximum absolute atomic E-state index is 14.5. The van der Waals surface area contributed by atoms with Crippen LogP contribution in [0.4, 0.5) is 27.6 Å². The molecule has 214 valence electrons. The Bertz CT molecular complexity index is 1440. The third-order valence-electron chi connectivity index (χ3n) is 7.14. The van der Waals surface area contributed by atoms with Gasteiger partial charge in [0.2, 0.25) is 0 Å². The second kappa shape index (κ2) is 12.2. The third kappa shape index (κ3) is 6.86. The number of halogens is 5. The average molecular weight is 564 g/mol. The molecule has 1 fully saturated rings. The second-order valence-electron chi connectivity index (χ2n) is 9.94. The highest BCUT2D eigenvalue weighted by molar-refractivity contribution is 5.89. The fraction of sp³-hybridized carbons (Fsp3) is 0.414. The lowest BCUT2D eigenvalue weighted by Gasteiger charge is -2.32. The number of anilines is 1. The van der Waals surface area contributed by atoms with Crippen molar-refractivity contribution in [3.05, 3.63) is 59.0 Å². The number of hydrogen-bond acceptors (Lipinski definition) is 4. The number of carboxylic acid groups (broad SMARTS) is 1. The van der Waals surface area contributed by atoms with Gasteiger partial charge in [-0.2, -0.15) is 13.2 Å². The fourth-order valence-electron chi connectivity index (χ4n) is 5.09. The topological polar surface area (TPSA) is 66.7 Å². The largest absolute Gasteiger partial charge is 0.495 e. The number of nitrogens with one attached hydrogen (secondary N) is 1. The average Bonchev–Trinajstić information content (AvgIpc) is 3.22. The number of fused-ring (bicyclic) bond motifs is 1. The van der Waals surface area contributed by atoms with Crippen molar-refractivity contribution in [3.63, 3.8) is 0 Å². The first-order valence-electron chi connectivity index (χ1n) is 12.8. The van der Waals surface area contributed by atoms with Gasteiger partial charge in [0.25, 0.3) is 0 Å². The van der Waals surface area contributed by atoms with E-state index < -0.39 is 36.2 Å². The van der Waals surface area contributed by atoms with Crippen molar-refractivity contribution >= 4 is 22.6 Å². The van der Waals surface area contributed by atoms with Crippen LogP contribution in [0.1, 0.15) is 34.5 Å². The van der Waals surface area contributed by atoms with Crippen LogP contribution < -0.4 is 10.1 Å². The minimum Gasteiger partial charge on any atom is -0.495 e. The number of carbonyl (C=O) groups is 1. The van der Waals surface area contributed by atoms with Gasteiger partial charge >= 0.3 is 12.1 Å². The molecule has 2 N–H and O–H groups in total. The summed E-state index contributed by atoms with van der Waals surface area (Å²) < 4.78 is 75.4. The maximum atomic E-state index is 14.5. The van der Waals surface area contributed by atoms with Crippen LogP contribution in [-0.2, 0) is 13.0 Å². The summed E-state index contributed by atoms with van der Waals surface area (Å²) in [4.78, 5) is 13.1. The van der Waals surface area contributed by atoms with Crippen LogP contribution in [0.2, 0.25) is 0 Å². The van der Waals surface area contributed by atoms with Gasteiger partial charge in [-0.3, -0.25) is 0 Å². The zero-order valence-corrected chi connectivity index (χ0v) is 22.1. The first-order valence-corrected chi connectivity index (χ1v) is 12.8. The Balaban J connectivity index is 1.58. The number of carboxylic acids is 1. The molecule has 2 atom stereocenters. The van der Waals surface area contributed by atoms with E-state index in [1.54, 1.807) is 18.2 Å². The van der Waals surface area contributed by atoms with Crippen LogP contribution in [0, 0.1) is 23.6 Å². The number of hydrogen-bond donors (Lipinski definition) is 2. The molecule has 40 heavy (non-hydrogen) atoms. The van der Waals surface area contributed by atoms with E-state index in [1.165, 1.54) is 7.11 Å². The highest BCUT2D eigenvalue weighted by atomic mass is 19.4. The molecule has 0 spiro atoms. The molecule has 0 saturated carbocycles. The summed E-state index contributed by atoms with van der Waals surface area (Å²) in [5.74, 6) is 3.10. The van der Waals surface area contributed by atoms with Crippen molar-refractivity contribution in [2.75, 3.05) is 39.1 Å². The summed E-state index contributed by atoms with van der Waals surface area (Å²) in [7, 11) is 3.18. The van der Waals surface area contributed by atoms with E-state index in [-0.39, 0.29) is 29.6 Å². The predicted octanol–water partition coefficient (Wildman–Crippen LogP) is 5.74. The van der Waals surface area contributed by atoms with Crippen LogP contribution in [0.15, 0.2) is 36.4 Å². The number of rotatable bonds is 8. The first-order chi connectivity index (χ1) is 19.0.